The first-order valence-electron chi connectivity index (χ1n) is 12.0. The van der Waals surface area contributed by atoms with Gasteiger partial charge >= 0.3 is 6.61 Å². The van der Waals surface area contributed by atoms with Gasteiger partial charge in [0.05, 0.1) is 11.9 Å². The predicted octanol–water partition coefficient (Wildman–Crippen LogP) is 4.36. The maximum atomic E-state index is 13.2. The van der Waals surface area contributed by atoms with Crippen molar-refractivity contribution in [3.8, 4) is 17.0 Å². The maximum Gasteiger partial charge on any atom is 0.387 e. The molecular weight excluding hydrogens is 520 g/mol. The zero-order chi connectivity index (χ0) is 26.8. The average molecular weight is 544 g/mol. The van der Waals surface area contributed by atoms with Gasteiger partial charge in [-0.1, -0.05) is 18.5 Å². The molecule has 1 fully saturated rings. The summed E-state index contributed by atoms with van der Waals surface area (Å²) < 4.78 is 33.8. The lowest BCUT2D eigenvalue weighted by Gasteiger charge is -2.30. The Balaban J connectivity index is 1.50. The van der Waals surface area contributed by atoms with Gasteiger partial charge in [0.15, 0.2) is 5.65 Å². The van der Waals surface area contributed by atoms with E-state index in [1.165, 1.54) is 46.0 Å². The molecule has 4 aromatic rings. The monoisotopic (exact) mass is 543 g/mol. The van der Waals surface area contributed by atoms with Gasteiger partial charge < -0.3 is 15.0 Å². The minimum atomic E-state index is -3.09. The van der Waals surface area contributed by atoms with Crippen molar-refractivity contribution in [3.05, 3.63) is 59.6 Å². The topological polar surface area (TPSA) is 107 Å². The first-order chi connectivity index (χ1) is 18.3. The van der Waals surface area contributed by atoms with Gasteiger partial charge in [0.25, 0.3) is 5.91 Å². The molecular formula is C25H24ClF2N7O3. The molecule has 1 aromatic carbocycles. The number of nitrogens with zero attached hydrogens (tertiary/aromatic N) is 6. The number of halogens is 3. The second kappa shape index (κ2) is 10.7. The highest BCUT2D eigenvalue weighted by Gasteiger charge is 2.25. The van der Waals surface area contributed by atoms with E-state index < -0.39 is 12.5 Å². The summed E-state index contributed by atoms with van der Waals surface area (Å²) in [6.07, 6.45) is 7.86. The highest BCUT2D eigenvalue weighted by atomic mass is 35.5. The maximum absolute atomic E-state index is 13.2. The molecule has 5 rings (SSSR count). The van der Waals surface area contributed by atoms with Crippen LogP contribution in [0.25, 0.3) is 16.9 Å². The Morgan fingerprint density at radius 3 is 2.82 bits per heavy atom. The van der Waals surface area contributed by atoms with Crippen molar-refractivity contribution >= 4 is 34.7 Å². The Hall–Kier alpha value is -4.06. The van der Waals surface area contributed by atoms with E-state index in [0.29, 0.717) is 24.7 Å². The van der Waals surface area contributed by atoms with Crippen LogP contribution in [0.4, 0.5) is 14.5 Å². The Bertz CT molecular complexity index is 1480. The smallest absolute Gasteiger partial charge is 0.387 e. The molecule has 13 heteroatoms. The third kappa shape index (κ3) is 5.44. The van der Waals surface area contributed by atoms with Crippen molar-refractivity contribution in [1.82, 2.24) is 29.3 Å². The number of carbonyl (C=O) groups excluding carboxylic acids is 2. The first-order valence-corrected chi connectivity index (χ1v) is 12.4. The molecule has 0 bridgehead atoms. The molecule has 198 valence electrons. The average Bonchev–Trinajstić information content (AvgIpc) is 3.49. The van der Waals surface area contributed by atoms with Crippen LogP contribution in [-0.4, -0.2) is 60.8 Å². The summed E-state index contributed by atoms with van der Waals surface area (Å²) in [6.45, 7) is 0.268. The number of likely N-dealkylation sites (tertiary alicyclic amines) is 1. The molecule has 1 aliphatic rings. The summed E-state index contributed by atoms with van der Waals surface area (Å²) in [6, 6.07) is 5.78. The number of ether oxygens (including phenoxy) is 1. The number of alkyl halides is 2. The number of piperidine rings is 1. The van der Waals surface area contributed by atoms with Crippen molar-refractivity contribution in [2.75, 3.05) is 18.4 Å². The molecule has 2 amide bonds. The highest BCUT2D eigenvalue weighted by molar-refractivity contribution is 6.31. The van der Waals surface area contributed by atoms with Crippen LogP contribution in [0, 0.1) is 5.92 Å². The van der Waals surface area contributed by atoms with Crippen molar-refractivity contribution in [1.29, 1.82) is 0 Å². The zero-order valence-electron chi connectivity index (χ0n) is 20.4. The normalized spacial score (nSPS) is 14.3. The van der Waals surface area contributed by atoms with Gasteiger partial charge in [0.2, 0.25) is 5.91 Å². The molecule has 1 saturated heterocycles. The number of carbonyl (C=O) groups is 2. The van der Waals surface area contributed by atoms with Crippen LogP contribution >= 0.6 is 11.6 Å². The quantitative estimate of drug-likeness (QED) is 0.371. The SMILES string of the molecule is CC1CCN(C(=O)Cn2cc(NC(=O)c3cnn4cccnc34)c(-c3cc(Cl)ccc3OC(F)F)n2)CC1. The standard InChI is InChI=1S/C25H24ClF2N7O3/c1-15-5-9-33(10-6-15)21(36)14-34-13-19(31-24(37)18-12-30-35-8-2-7-29-23(18)35)22(32-34)17-11-16(26)3-4-20(17)38-25(27)28/h2-4,7-8,11-13,15,25H,5-6,9-10,14H2,1H3,(H,31,37). The third-order valence-corrected chi connectivity index (χ3v) is 6.62. The molecule has 10 nitrogen and oxygen atoms in total. The number of aromatic nitrogens is 5. The summed E-state index contributed by atoms with van der Waals surface area (Å²) in [4.78, 5) is 32.1. The molecule has 0 unspecified atom stereocenters. The summed E-state index contributed by atoms with van der Waals surface area (Å²) in [5.74, 6) is -0.304. The van der Waals surface area contributed by atoms with Crippen molar-refractivity contribution in [2.24, 2.45) is 5.92 Å². The Labute approximate surface area is 221 Å². The summed E-state index contributed by atoms with van der Waals surface area (Å²) in [5, 5.41) is 11.6. The molecule has 0 saturated carbocycles. The van der Waals surface area contributed by atoms with Crippen LogP contribution in [0.5, 0.6) is 5.75 Å². The molecule has 3 aromatic heterocycles. The number of rotatable bonds is 7. The van der Waals surface area contributed by atoms with Crippen LogP contribution in [0.2, 0.25) is 5.02 Å². The van der Waals surface area contributed by atoms with E-state index in [0.717, 1.165) is 12.8 Å². The van der Waals surface area contributed by atoms with Gasteiger partial charge in [-0.3, -0.25) is 14.3 Å². The molecule has 0 radical (unpaired) electrons. The molecule has 1 aliphatic heterocycles. The Morgan fingerprint density at radius 2 is 2.05 bits per heavy atom. The van der Waals surface area contributed by atoms with Crippen LogP contribution in [-0.2, 0) is 11.3 Å². The fourth-order valence-electron chi connectivity index (χ4n) is 4.35. The summed E-state index contributed by atoms with van der Waals surface area (Å²) in [7, 11) is 0. The van der Waals surface area contributed by atoms with E-state index in [2.05, 4.69) is 32.2 Å². The lowest BCUT2D eigenvalue weighted by atomic mass is 9.99. The Kier molecular flexibility index (Phi) is 7.23. The molecule has 4 heterocycles. The molecule has 0 aliphatic carbocycles. The van der Waals surface area contributed by atoms with Gasteiger partial charge in [-0.2, -0.15) is 19.0 Å². The Morgan fingerprint density at radius 1 is 1.26 bits per heavy atom. The number of amides is 2. The van der Waals surface area contributed by atoms with Gasteiger partial charge in [0, 0.05) is 42.3 Å². The van der Waals surface area contributed by atoms with Crippen LogP contribution in [0.3, 0.4) is 0 Å². The van der Waals surface area contributed by atoms with E-state index in [-0.39, 0.29) is 45.7 Å². The number of hydrogen-bond acceptors (Lipinski definition) is 6. The van der Waals surface area contributed by atoms with Gasteiger partial charge in [-0.15, -0.1) is 0 Å². The predicted molar refractivity (Wildman–Crippen MR) is 135 cm³/mol. The van der Waals surface area contributed by atoms with Crippen LogP contribution < -0.4 is 10.1 Å². The lowest BCUT2D eigenvalue weighted by molar-refractivity contribution is -0.133. The number of nitrogens with one attached hydrogen (secondary N) is 1. The van der Waals surface area contributed by atoms with E-state index in [9.17, 15) is 18.4 Å². The van der Waals surface area contributed by atoms with Gasteiger partial charge in [0.1, 0.15) is 23.6 Å². The minimum absolute atomic E-state index is 0.0961. The molecule has 0 spiro atoms. The van der Waals surface area contributed by atoms with E-state index >= 15 is 0 Å². The summed E-state index contributed by atoms with van der Waals surface area (Å²) in [5.41, 5.74) is 0.938. The first kappa shape index (κ1) is 25.6. The third-order valence-electron chi connectivity index (χ3n) is 6.38. The number of hydrogen-bond donors (Lipinski definition) is 1. The number of fused-ring (bicyclic) bond motifs is 1. The second-order valence-corrected chi connectivity index (χ2v) is 9.51. The molecule has 38 heavy (non-hydrogen) atoms. The number of benzene rings is 1. The van der Waals surface area contributed by atoms with Crippen molar-refractivity contribution in [3.63, 3.8) is 0 Å². The summed E-state index contributed by atoms with van der Waals surface area (Å²) >= 11 is 6.17. The van der Waals surface area contributed by atoms with E-state index in [1.807, 2.05) is 0 Å². The van der Waals surface area contributed by atoms with Crippen LogP contribution in [0.15, 0.2) is 49.1 Å². The van der Waals surface area contributed by atoms with E-state index in [1.54, 1.807) is 17.2 Å². The molecule has 0 atom stereocenters. The second-order valence-electron chi connectivity index (χ2n) is 9.07. The van der Waals surface area contributed by atoms with Crippen LogP contribution in [0.1, 0.15) is 30.1 Å². The van der Waals surface area contributed by atoms with Crippen molar-refractivity contribution in [2.45, 2.75) is 32.9 Å². The van der Waals surface area contributed by atoms with Crippen molar-refractivity contribution < 1.29 is 23.1 Å². The lowest BCUT2D eigenvalue weighted by Crippen LogP contribution is -2.39. The van der Waals surface area contributed by atoms with E-state index in [4.69, 9.17) is 11.6 Å². The highest BCUT2D eigenvalue weighted by Crippen LogP contribution is 2.37. The van der Waals surface area contributed by atoms with Gasteiger partial charge in [-0.05, 0) is 43.0 Å². The zero-order valence-corrected chi connectivity index (χ0v) is 21.1. The fourth-order valence-corrected chi connectivity index (χ4v) is 4.52. The molecule has 1 N–H and O–H groups in total. The fraction of sp³-hybridized carbons (Fsp3) is 0.320. The minimum Gasteiger partial charge on any atom is -0.434 e. The number of anilines is 1. The largest absolute Gasteiger partial charge is 0.434 e. The van der Waals surface area contributed by atoms with Gasteiger partial charge in [-0.25, -0.2) is 9.50 Å².